The maximum atomic E-state index is 13.2. The molecule has 1 fully saturated rings. The maximum Gasteiger partial charge on any atom is 0.240 e. The van der Waals surface area contributed by atoms with E-state index in [1.54, 1.807) is 12.1 Å². The number of hydrogen-bond acceptors (Lipinski definition) is 5. The molecular weight excluding hydrogens is 432 g/mol. The lowest BCUT2D eigenvalue weighted by molar-refractivity contribution is 0.113. The molecule has 0 aromatic heterocycles. The predicted molar refractivity (Wildman–Crippen MR) is 134 cm³/mol. The molecule has 2 heterocycles. The van der Waals surface area contributed by atoms with Crippen molar-refractivity contribution in [1.82, 2.24) is 14.5 Å². The van der Waals surface area contributed by atoms with Crippen molar-refractivity contribution in [1.29, 1.82) is 0 Å². The molecule has 2 aliphatic rings. The number of anilines is 1. The molecule has 3 aromatic carbocycles. The van der Waals surface area contributed by atoms with Gasteiger partial charge in [-0.1, -0.05) is 42.5 Å². The molecule has 0 spiro atoms. The van der Waals surface area contributed by atoms with E-state index in [0.29, 0.717) is 11.4 Å². The number of benzene rings is 3. The Kier molecular flexibility index (Phi) is 6.14. The first-order valence-corrected chi connectivity index (χ1v) is 13.1. The van der Waals surface area contributed by atoms with Crippen LogP contribution in [0.4, 0.5) is 5.69 Å². The van der Waals surface area contributed by atoms with E-state index >= 15 is 0 Å². The van der Waals surface area contributed by atoms with E-state index in [2.05, 4.69) is 51.7 Å². The highest BCUT2D eigenvalue weighted by atomic mass is 32.2. The second kappa shape index (κ2) is 9.06. The van der Waals surface area contributed by atoms with Gasteiger partial charge in [0.05, 0.1) is 4.90 Å². The largest absolute Gasteiger partial charge is 0.374 e. The van der Waals surface area contributed by atoms with E-state index < -0.39 is 10.0 Å². The molecule has 7 heteroatoms. The van der Waals surface area contributed by atoms with Crippen LogP contribution >= 0.6 is 0 Å². The highest BCUT2D eigenvalue weighted by molar-refractivity contribution is 7.89. The third kappa shape index (κ3) is 4.64. The van der Waals surface area contributed by atoms with Crippen molar-refractivity contribution in [2.45, 2.75) is 17.4 Å². The monoisotopic (exact) mass is 464 g/mol. The summed E-state index contributed by atoms with van der Waals surface area (Å²) < 4.78 is 29.4. The average Bonchev–Trinajstić information content (AvgIpc) is 3.20. The van der Waals surface area contributed by atoms with Gasteiger partial charge in [0.2, 0.25) is 10.0 Å². The lowest BCUT2D eigenvalue weighted by Gasteiger charge is -2.38. The summed E-state index contributed by atoms with van der Waals surface area (Å²) in [6.45, 7) is 5.22. The Bertz CT molecular complexity index is 1250. The number of rotatable bonds is 6. The Labute approximate surface area is 196 Å². The lowest BCUT2D eigenvalue weighted by atomic mass is 10.0. The fourth-order valence-corrected chi connectivity index (χ4v) is 6.07. The molecule has 0 radical (unpaired) electrons. The molecule has 0 bridgehead atoms. The van der Waals surface area contributed by atoms with Gasteiger partial charge < -0.3 is 9.80 Å². The van der Waals surface area contributed by atoms with Crippen LogP contribution in [0.25, 0.3) is 10.8 Å². The minimum Gasteiger partial charge on any atom is -0.374 e. The highest BCUT2D eigenvalue weighted by Crippen LogP contribution is 2.31. The Balaban J connectivity index is 1.40. The van der Waals surface area contributed by atoms with Crippen molar-refractivity contribution in [2.24, 2.45) is 0 Å². The summed E-state index contributed by atoms with van der Waals surface area (Å²) in [6.07, 6.45) is 1.04. The van der Waals surface area contributed by atoms with E-state index in [9.17, 15) is 8.42 Å². The van der Waals surface area contributed by atoms with Gasteiger partial charge in [0.1, 0.15) is 0 Å². The third-order valence-corrected chi connectivity index (χ3v) is 8.51. The van der Waals surface area contributed by atoms with Gasteiger partial charge in [0.25, 0.3) is 0 Å². The van der Waals surface area contributed by atoms with Crippen LogP contribution in [0.5, 0.6) is 0 Å². The minimum absolute atomic E-state index is 0.00476. The first-order valence-electron chi connectivity index (χ1n) is 11.7. The third-order valence-electron chi connectivity index (χ3n) is 7.09. The number of nitrogens with zero attached hydrogens (tertiary/aromatic N) is 3. The molecule has 0 unspecified atom stereocenters. The Hall–Kier alpha value is -2.45. The second-order valence-electron chi connectivity index (χ2n) is 9.28. The second-order valence-corrected chi connectivity index (χ2v) is 11.0. The van der Waals surface area contributed by atoms with Crippen LogP contribution in [0.2, 0.25) is 0 Å². The summed E-state index contributed by atoms with van der Waals surface area (Å²) in [4.78, 5) is 7.34. The highest BCUT2D eigenvalue weighted by Gasteiger charge is 2.27. The van der Waals surface area contributed by atoms with Gasteiger partial charge in [-0.15, -0.1) is 0 Å². The number of sulfonamides is 1. The molecule has 1 atom stereocenters. The van der Waals surface area contributed by atoms with Crippen molar-refractivity contribution in [3.63, 3.8) is 0 Å². The summed E-state index contributed by atoms with van der Waals surface area (Å²) >= 11 is 0. The Morgan fingerprint density at radius 2 is 1.64 bits per heavy atom. The normalized spacial score (nSPS) is 18.5. The van der Waals surface area contributed by atoms with Crippen LogP contribution in [0.1, 0.15) is 17.2 Å². The molecule has 0 amide bonds. The molecule has 1 saturated heterocycles. The number of hydrogen-bond donors (Lipinski definition) is 1. The number of piperazine rings is 1. The smallest absolute Gasteiger partial charge is 0.240 e. The Morgan fingerprint density at radius 1 is 0.879 bits per heavy atom. The molecule has 2 aliphatic heterocycles. The van der Waals surface area contributed by atoms with E-state index in [4.69, 9.17) is 0 Å². The standard InChI is InChI=1S/C26H32N4O2S/c1-28-13-15-30(16-14-28)26(22-8-10-25-23(17-22)11-12-29(25)2)19-27-33(31,32)24-9-7-20-5-3-4-6-21(20)18-24/h3-10,17-18,26-27H,11-16,19H2,1-2H3/t26-/m0/s1. The van der Waals surface area contributed by atoms with Crippen LogP contribution in [0.15, 0.2) is 65.6 Å². The van der Waals surface area contributed by atoms with Crippen molar-refractivity contribution < 1.29 is 8.42 Å². The van der Waals surface area contributed by atoms with E-state index in [1.165, 1.54) is 16.8 Å². The first kappa shape index (κ1) is 22.3. The number of likely N-dealkylation sites (N-methyl/N-ethyl adjacent to an activating group) is 2. The van der Waals surface area contributed by atoms with Gasteiger partial charge in [0, 0.05) is 58.0 Å². The minimum atomic E-state index is -3.62. The first-order chi connectivity index (χ1) is 15.9. The van der Waals surface area contributed by atoms with Crippen molar-refractivity contribution >= 4 is 26.5 Å². The summed E-state index contributed by atoms with van der Waals surface area (Å²) in [5.41, 5.74) is 3.83. The zero-order valence-corrected chi connectivity index (χ0v) is 20.2. The zero-order chi connectivity index (χ0) is 23.0. The lowest BCUT2D eigenvalue weighted by Crippen LogP contribution is -2.48. The summed E-state index contributed by atoms with van der Waals surface area (Å²) in [5.74, 6) is 0. The SMILES string of the molecule is CN1CCN([C@@H](CNS(=O)(=O)c2ccc3ccccc3c2)c2ccc3c(c2)CCN3C)CC1. The molecule has 0 saturated carbocycles. The maximum absolute atomic E-state index is 13.2. The number of fused-ring (bicyclic) bond motifs is 2. The van der Waals surface area contributed by atoms with Crippen molar-refractivity contribution in [3.8, 4) is 0 Å². The predicted octanol–water partition coefficient (Wildman–Crippen LogP) is 3.10. The molecule has 3 aromatic rings. The quantitative estimate of drug-likeness (QED) is 0.608. The van der Waals surface area contributed by atoms with E-state index in [-0.39, 0.29) is 6.04 Å². The zero-order valence-electron chi connectivity index (χ0n) is 19.4. The van der Waals surface area contributed by atoms with Crippen LogP contribution in [-0.2, 0) is 16.4 Å². The van der Waals surface area contributed by atoms with Gasteiger partial charge in [-0.2, -0.15) is 0 Å². The van der Waals surface area contributed by atoms with Gasteiger partial charge >= 0.3 is 0 Å². The molecule has 6 nitrogen and oxygen atoms in total. The topological polar surface area (TPSA) is 55.9 Å². The molecule has 174 valence electrons. The Morgan fingerprint density at radius 3 is 2.42 bits per heavy atom. The van der Waals surface area contributed by atoms with Crippen LogP contribution in [0, 0.1) is 0 Å². The fourth-order valence-electron chi connectivity index (χ4n) is 4.99. The van der Waals surface area contributed by atoms with Gasteiger partial charge in [0.15, 0.2) is 0 Å². The summed E-state index contributed by atoms with van der Waals surface area (Å²) in [6, 6.07) is 19.8. The van der Waals surface area contributed by atoms with Gasteiger partial charge in [-0.3, -0.25) is 4.90 Å². The van der Waals surface area contributed by atoms with Gasteiger partial charge in [-0.25, -0.2) is 13.1 Å². The molecule has 33 heavy (non-hydrogen) atoms. The van der Waals surface area contributed by atoms with Crippen LogP contribution in [-0.4, -0.2) is 71.6 Å². The molecule has 0 aliphatic carbocycles. The van der Waals surface area contributed by atoms with E-state index in [0.717, 1.165) is 49.9 Å². The average molecular weight is 465 g/mol. The van der Waals surface area contributed by atoms with Crippen LogP contribution in [0.3, 0.4) is 0 Å². The van der Waals surface area contributed by atoms with Gasteiger partial charge in [-0.05, 0) is 53.6 Å². The van der Waals surface area contributed by atoms with Crippen LogP contribution < -0.4 is 9.62 Å². The van der Waals surface area contributed by atoms with Crippen molar-refractivity contribution in [2.75, 3.05) is 58.3 Å². The summed E-state index contributed by atoms with van der Waals surface area (Å²) in [5, 5.41) is 1.97. The molecular formula is C26H32N4O2S. The van der Waals surface area contributed by atoms with E-state index in [1.807, 2.05) is 30.3 Å². The molecule has 1 N–H and O–H groups in total. The summed E-state index contributed by atoms with van der Waals surface area (Å²) in [7, 11) is 0.645. The fraction of sp³-hybridized carbons (Fsp3) is 0.385. The molecule has 5 rings (SSSR count). The number of nitrogens with one attached hydrogen (secondary N) is 1. The van der Waals surface area contributed by atoms with Crippen molar-refractivity contribution in [3.05, 3.63) is 71.8 Å².